The van der Waals surface area contributed by atoms with Crippen LogP contribution in [0.15, 0.2) is 42.7 Å². The Hall–Kier alpha value is -2.30. The molecule has 0 spiro atoms. The molecule has 0 bridgehead atoms. The summed E-state index contributed by atoms with van der Waals surface area (Å²) in [6.07, 6.45) is 4.33. The maximum Gasteiger partial charge on any atom is 0.223 e. The number of aromatic nitrogens is 2. The summed E-state index contributed by atoms with van der Waals surface area (Å²) in [7, 11) is 1.86. The lowest BCUT2D eigenvalue weighted by Gasteiger charge is -2.12. The number of amides is 1. The Kier molecular flexibility index (Phi) is 5.37. The molecule has 0 unspecified atom stereocenters. The Bertz CT molecular complexity index is 566. The van der Waals surface area contributed by atoms with E-state index in [1.54, 1.807) is 10.9 Å². The molecular weight excluding hydrogens is 266 g/mol. The molecule has 5 nitrogen and oxygen atoms in total. The monoisotopic (exact) mass is 287 g/mol. The van der Waals surface area contributed by atoms with Crippen LogP contribution in [0.1, 0.15) is 18.9 Å². The van der Waals surface area contributed by atoms with Crippen molar-refractivity contribution < 1.29 is 9.53 Å². The van der Waals surface area contributed by atoms with Gasteiger partial charge in [-0.2, -0.15) is 5.10 Å². The number of nitrogens with zero attached hydrogens (tertiary/aromatic N) is 2. The van der Waals surface area contributed by atoms with Gasteiger partial charge in [-0.1, -0.05) is 25.1 Å². The number of hydrogen-bond acceptors (Lipinski definition) is 3. The second kappa shape index (κ2) is 7.47. The van der Waals surface area contributed by atoms with Crippen LogP contribution < -0.4 is 10.1 Å². The smallest absolute Gasteiger partial charge is 0.223 e. The Balaban J connectivity index is 1.67. The lowest BCUT2D eigenvalue weighted by atomic mass is 10.1. The highest BCUT2D eigenvalue weighted by atomic mass is 16.5. The molecule has 5 heteroatoms. The fraction of sp³-hybridized carbons (Fsp3) is 0.375. The highest BCUT2D eigenvalue weighted by Gasteiger charge is 2.12. The average molecular weight is 287 g/mol. The summed E-state index contributed by atoms with van der Waals surface area (Å²) in [5.74, 6) is 0.793. The van der Waals surface area contributed by atoms with Crippen LogP contribution in [0, 0.1) is 5.92 Å². The highest BCUT2D eigenvalue weighted by molar-refractivity contribution is 5.78. The molecular formula is C16H21N3O2. The van der Waals surface area contributed by atoms with E-state index < -0.39 is 0 Å². The van der Waals surface area contributed by atoms with E-state index in [0.717, 1.165) is 11.3 Å². The van der Waals surface area contributed by atoms with Gasteiger partial charge < -0.3 is 10.1 Å². The molecule has 1 atom stereocenters. The van der Waals surface area contributed by atoms with Crippen molar-refractivity contribution in [3.8, 4) is 5.75 Å². The number of rotatable bonds is 7. The van der Waals surface area contributed by atoms with E-state index in [1.165, 1.54) is 0 Å². The minimum absolute atomic E-state index is 0.0375. The van der Waals surface area contributed by atoms with Crippen LogP contribution in [-0.2, 0) is 18.4 Å². The van der Waals surface area contributed by atoms with Gasteiger partial charge in [0.1, 0.15) is 5.75 Å². The largest absolute Gasteiger partial charge is 0.494 e. The lowest BCUT2D eigenvalue weighted by Crippen LogP contribution is -2.29. The number of carbonyl (C=O) groups excluding carboxylic acids is 1. The SMILES string of the molecule is C[C@@H](CCOc1ccccc1)C(=O)NCc1cnn(C)c1. The van der Waals surface area contributed by atoms with Crippen molar-refractivity contribution in [2.75, 3.05) is 6.61 Å². The molecule has 1 aromatic carbocycles. The first-order valence-corrected chi connectivity index (χ1v) is 7.08. The maximum atomic E-state index is 12.0. The fourth-order valence-electron chi connectivity index (χ4n) is 1.93. The molecule has 0 radical (unpaired) electrons. The second-order valence-corrected chi connectivity index (χ2v) is 5.09. The number of hydrogen-bond donors (Lipinski definition) is 1. The third-order valence-electron chi connectivity index (χ3n) is 3.24. The van der Waals surface area contributed by atoms with Gasteiger partial charge in [-0.25, -0.2) is 0 Å². The fourth-order valence-corrected chi connectivity index (χ4v) is 1.93. The van der Waals surface area contributed by atoms with Crippen LogP contribution in [0.5, 0.6) is 5.75 Å². The van der Waals surface area contributed by atoms with E-state index in [4.69, 9.17) is 4.74 Å². The summed E-state index contributed by atoms with van der Waals surface area (Å²) >= 11 is 0. The van der Waals surface area contributed by atoms with Crippen LogP contribution >= 0.6 is 0 Å². The molecule has 1 amide bonds. The van der Waals surface area contributed by atoms with Crippen LogP contribution in [0.2, 0.25) is 0 Å². The molecule has 0 aliphatic carbocycles. The van der Waals surface area contributed by atoms with Crippen molar-refractivity contribution in [2.45, 2.75) is 19.9 Å². The standard InChI is InChI=1S/C16H21N3O2/c1-13(8-9-21-15-6-4-3-5-7-15)16(20)17-10-14-11-18-19(2)12-14/h3-7,11-13H,8-10H2,1-2H3,(H,17,20)/t13-/m0/s1. The molecule has 1 heterocycles. The zero-order chi connectivity index (χ0) is 15.1. The minimum Gasteiger partial charge on any atom is -0.494 e. The topological polar surface area (TPSA) is 56.1 Å². The van der Waals surface area contributed by atoms with E-state index in [1.807, 2.05) is 50.5 Å². The van der Waals surface area contributed by atoms with Crippen molar-refractivity contribution >= 4 is 5.91 Å². The first-order valence-electron chi connectivity index (χ1n) is 7.08. The van der Waals surface area contributed by atoms with Gasteiger partial charge in [-0.15, -0.1) is 0 Å². The summed E-state index contributed by atoms with van der Waals surface area (Å²) in [5.41, 5.74) is 0.999. The van der Waals surface area contributed by atoms with Crippen LogP contribution in [0.3, 0.4) is 0 Å². The zero-order valence-corrected chi connectivity index (χ0v) is 12.5. The first kappa shape index (κ1) is 15.1. The molecule has 0 aliphatic heterocycles. The summed E-state index contributed by atoms with van der Waals surface area (Å²) in [6, 6.07) is 9.63. The third-order valence-corrected chi connectivity index (χ3v) is 3.24. The van der Waals surface area contributed by atoms with Gasteiger partial charge in [0, 0.05) is 31.3 Å². The second-order valence-electron chi connectivity index (χ2n) is 5.09. The van der Waals surface area contributed by atoms with Gasteiger partial charge >= 0.3 is 0 Å². The summed E-state index contributed by atoms with van der Waals surface area (Å²) < 4.78 is 7.32. The Morgan fingerprint density at radius 2 is 2.14 bits per heavy atom. The third kappa shape index (κ3) is 4.95. The normalized spacial score (nSPS) is 11.9. The van der Waals surface area contributed by atoms with E-state index in [0.29, 0.717) is 19.6 Å². The molecule has 2 aromatic rings. The zero-order valence-electron chi connectivity index (χ0n) is 12.5. The molecule has 1 aromatic heterocycles. The van der Waals surface area contributed by atoms with Crippen LogP contribution in [0.4, 0.5) is 0 Å². The molecule has 0 fully saturated rings. The number of ether oxygens (including phenoxy) is 1. The van der Waals surface area contributed by atoms with Crippen molar-refractivity contribution in [1.82, 2.24) is 15.1 Å². The Labute approximate surface area is 124 Å². The van der Waals surface area contributed by atoms with E-state index in [-0.39, 0.29) is 11.8 Å². The first-order chi connectivity index (χ1) is 10.1. The number of carbonyl (C=O) groups is 1. The quantitative estimate of drug-likeness (QED) is 0.849. The van der Waals surface area contributed by atoms with Crippen molar-refractivity contribution in [1.29, 1.82) is 0 Å². The van der Waals surface area contributed by atoms with Crippen LogP contribution in [-0.4, -0.2) is 22.3 Å². The van der Waals surface area contributed by atoms with Gasteiger partial charge in [0.05, 0.1) is 12.8 Å². The molecule has 0 saturated carbocycles. The predicted molar refractivity (Wildman–Crippen MR) is 80.8 cm³/mol. The van der Waals surface area contributed by atoms with Gasteiger partial charge in [0.15, 0.2) is 0 Å². The van der Waals surface area contributed by atoms with Gasteiger partial charge in [-0.3, -0.25) is 9.48 Å². The van der Waals surface area contributed by atoms with Crippen molar-refractivity contribution in [2.24, 2.45) is 13.0 Å². The van der Waals surface area contributed by atoms with Crippen molar-refractivity contribution in [3.05, 3.63) is 48.3 Å². The number of aryl methyl sites for hydroxylation is 1. The number of nitrogens with one attached hydrogen (secondary N) is 1. The lowest BCUT2D eigenvalue weighted by molar-refractivity contribution is -0.125. The highest BCUT2D eigenvalue weighted by Crippen LogP contribution is 2.10. The minimum atomic E-state index is -0.0783. The molecule has 2 rings (SSSR count). The molecule has 0 saturated heterocycles. The van der Waals surface area contributed by atoms with E-state index in [2.05, 4.69) is 10.4 Å². The van der Waals surface area contributed by atoms with E-state index >= 15 is 0 Å². The summed E-state index contributed by atoms with van der Waals surface area (Å²) in [6.45, 7) is 2.95. The van der Waals surface area contributed by atoms with Gasteiger partial charge in [0.25, 0.3) is 0 Å². The number of benzene rings is 1. The van der Waals surface area contributed by atoms with Crippen molar-refractivity contribution in [3.63, 3.8) is 0 Å². The molecule has 112 valence electrons. The Morgan fingerprint density at radius 3 is 2.81 bits per heavy atom. The van der Waals surface area contributed by atoms with Crippen LogP contribution in [0.25, 0.3) is 0 Å². The summed E-state index contributed by atoms with van der Waals surface area (Å²) in [5, 5.41) is 6.98. The molecule has 21 heavy (non-hydrogen) atoms. The van der Waals surface area contributed by atoms with Gasteiger partial charge in [-0.05, 0) is 18.6 Å². The average Bonchev–Trinajstić information content (AvgIpc) is 2.91. The van der Waals surface area contributed by atoms with E-state index in [9.17, 15) is 4.79 Å². The van der Waals surface area contributed by atoms with Gasteiger partial charge in [0.2, 0.25) is 5.91 Å². The Morgan fingerprint density at radius 1 is 1.38 bits per heavy atom. The number of para-hydroxylation sites is 1. The molecule has 1 N–H and O–H groups in total. The maximum absolute atomic E-state index is 12.0. The predicted octanol–water partition coefficient (Wildman–Crippen LogP) is 2.14. The molecule has 0 aliphatic rings. The summed E-state index contributed by atoms with van der Waals surface area (Å²) in [4.78, 5) is 12.0.